The lowest BCUT2D eigenvalue weighted by atomic mass is 10.2. The zero-order chi connectivity index (χ0) is 12.1. The van der Waals surface area contributed by atoms with Crippen molar-refractivity contribution in [2.75, 3.05) is 6.54 Å². The van der Waals surface area contributed by atoms with Gasteiger partial charge in [-0.1, -0.05) is 0 Å². The molecule has 0 aliphatic rings. The van der Waals surface area contributed by atoms with Gasteiger partial charge < -0.3 is 11.1 Å². The second-order valence-electron chi connectivity index (χ2n) is 4.48. The summed E-state index contributed by atoms with van der Waals surface area (Å²) in [7, 11) is 0. The number of aromatic nitrogens is 1. The average Bonchev–Trinajstić information content (AvgIpc) is 2.52. The minimum atomic E-state index is 0.310. The molecule has 0 aliphatic carbocycles. The maximum absolute atomic E-state index is 5.71. The van der Waals surface area contributed by atoms with Crippen molar-refractivity contribution in [2.45, 2.75) is 52.6 Å². The van der Waals surface area contributed by atoms with Crippen LogP contribution in [-0.2, 0) is 0 Å². The molecule has 0 spiro atoms. The molecular weight excluding hydrogens is 218 g/mol. The summed E-state index contributed by atoms with van der Waals surface area (Å²) >= 11 is 1.79. The highest BCUT2D eigenvalue weighted by molar-refractivity contribution is 7.11. The Kier molecular flexibility index (Phi) is 5.38. The van der Waals surface area contributed by atoms with E-state index in [0.29, 0.717) is 12.1 Å². The summed E-state index contributed by atoms with van der Waals surface area (Å²) in [5.41, 5.74) is 6.87. The van der Waals surface area contributed by atoms with Gasteiger partial charge in [-0.2, -0.15) is 0 Å². The van der Waals surface area contributed by atoms with Crippen molar-refractivity contribution in [3.8, 4) is 0 Å². The van der Waals surface area contributed by atoms with E-state index in [1.165, 1.54) is 4.88 Å². The van der Waals surface area contributed by atoms with Crippen molar-refractivity contribution in [1.82, 2.24) is 10.3 Å². The van der Waals surface area contributed by atoms with E-state index in [1.54, 1.807) is 11.3 Å². The second kappa shape index (κ2) is 6.33. The van der Waals surface area contributed by atoms with Gasteiger partial charge in [-0.3, -0.25) is 0 Å². The topological polar surface area (TPSA) is 50.9 Å². The molecule has 0 bridgehead atoms. The number of nitrogens with one attached hydrogen (secondary N) is 1. The van der Waals surface area contributed by atoms with Crippen LogP contribution in [0.1, 0.15) is 48.3 Å². The average molecular weight is 241 g/mol. The largest absolute Gasteiger partial charge is 0.328 e. The summed E-state index contributed by atoms with van der Waals surface area (Å²) in [6.45, 7) is 9.42. The molecule has 0 radical (unpaired) electrons. The Balaban J connectivity index is 2.35. The molecule has 92 valence electrons. The Hall–Kier alpha value is -0.450. The molecule has 0 saturated carbocycles. The summed E-state index contributed by atoms with van der Waals surface area (Å²) in [4.78, 5) is 5.81. The van der Waals surface area contributed by atoms with E-state index in [4.69, 9.17) is 5.73 Å². The lowest BCUT2D eigenvalue weighted by Gasteiger charge is -2.13. The molecule has 0 amide bonds. The van der Waals surface area contributed by atoms with Gasteiger partial charge in [-0.15, -0.1) is 11.3 Å². The minimum absolute atomic E-state index is 0.310. The predicted octanol–water partition coefficient (Wildman–Crippen LogP) is 2.54. The number of hydrogen-bond acceptors (Lipinski definition) is 4. The predicted molar refractivity (Wildman–Crippen MR) is 70.9 cm³/mol. The van der Waals surface area contributed by atoms with Crippen molar-refractivity contribution < 1.29 is 0 Å². The molecule has 1 aromatic rings. The van der Waals surface area contributed by atoms with Gasteiger partial charge in [0.2, 0.25) is 0 Å². The van der Waals surface area contributed by atoms with Crippen LogP contribution < -0.4 is 11.1 Å². The molecule has 16 heavy (non-hydrogen) atoms. The zero-order valence-corrected chi connectivity index (χ0v) is 11.5. The molecule has 3 nitrogen and oxygen atoms in total. The summed E-state index contributed by atoms with van der Waals surface area (Å²) in [5.74, 6) is 0. The third-order valence-electron chi connectivity index (χ3n) is 2.62. The van der Waals surface area contributed by atoms with Crippen molar-refractivity contribution in [3.63, 3.8) is 0 Å². The smallest absolute Gasteiger partial charge is 0.0900 e. The third kappa shape index (κ3) is 4.20. The quantitative estimate of drug-likeness (QED) is 0.753. The van der Waals surface area contributed by atoms with Crippen molar-refractivity contribution >= 4 is 11.3 Å². The van der Waals surface area contributed by atoms with Crippen molar-refractivity contribution in [3.05, 3.63) is 15.6 Å². The molecule has 1 heterocycles. The lowest BCUT2D eigenvalue weighted by molar-refractivity contribution is 0.528. The van der Waals surface area contributed by atoms with E-state index in [1.807, 2.05) is 0 Å². The minimum Gasteiger partial charge on any atom is -0.328 e. The van der Waals surface area contributed by atoms with Gasteiger partial charge in [-0.05, 0) is 47.1 Å². The standard InChI is InChI=1S/C12H23N3S/c1-8(13)6-5-7-14-9(2)12-10(3)15-11(4)16-12/h8-9,14H,5-7,13H2,1-4H3. The van der Waals surface area contributed by atoms with Crippen LogP contribution in [0.4, 0.5) is 0 Å². The van der Waals surface area contributed by atoms with Crippen LogP contribution in [0.25, 0.3) is 0 Å². The molecule has 4 heteroatoms. The first-order valence-corrected chi connectivity index (χ1v) is 6.75. The lowest BCUT2D eigenvalue weighted by Crippen LogP contribution is -2.22. The Morgan fingerprint density at radius 2 is 2.06 bits per heavy atom. The van der Waals surface area contributed by atoms with E-state index in [0.717, 1.165) is 30.1 Å². The van der Waals surface area contributed by atoms with E-state index in [9.17, 15) is 0 Å². The number of nitrogens with zero attached hydrogens (tertiary/aromatic N) is 1. The second-order valence-corrected chi connectivity index (χ2v) is 5.71. The van der Waals surface area contributed by atoms with Crippen LogP contribution in [0.3, 0.4) is 0 Å². The number of thiazole rings is 1. The van der Waals surface area contributed by atoms with Gasteiger partial charge in [0.1, 0.15) is 0 Å². The summed E-state index contributed by atoms with van der Waals surface area (Å²) < 4.78 is 0. The van der Waals surface area contributed by atoms with Crippen LogP contribution in [0.15, 0.2) is 0 Å². The molecule has 0 fully saturated rings. The van der Waals surface area contributed by atoms with Crippen LogP contribution >= 0.6 is 11.3 Å². The van der Waals surface area contributed by atoms with Crippen LogP contribution in [0.5, 0.6) is 0 Å². The molecule has 1 aromatic heterocycles. The molecule has 2 unspecified atom stereocenters. The van der Waals surface area contributed by atoms with Gasteiger partial charge >= 0.3 is 0 Å². The first-order chi connectivity index (χ1) is 7.50. The summed E-state index contributed by atoms with van der Waals surface area (Å²) in [5, 5.41) is 4.67. The Morgan fingerprint density at radius 1 is 1.38 bits per heavy atom. The highest BCUT2D eigenvalue weighted by Gasteiger charge is 2.11. The van der Waals surface area contributed by atoms with E-state index in [-0.39, 0.29) is 0 Å². The van der Waals surface area contributed by atoms with E-state index in [2.05, 4.69) is 38.0 Å². The zero-order valence-electron chi connectivity index (χ0n) is 10.7. The Morgan fingerprint density at radius 3 is 2.56 bits per heavy atom. The van der Waals surface area contributed by atoms with Crippen LogP contribution in [-0.4, -0.2) is 17.6 Å². The normalized spacial score (nSPS) is 15.1. The number of rotatable bonds is 6. The van der Waals surface area contributed by atoms with E-state index >= 15 is 0 Å². The maximum Gasteiger partial charge on any atom is 0.0900 e. The van der Waals surface area contributed by atoms with Gasteiger partial charge in [0, 0.05) is 17.0 Å². The highest BCUT2D eigenvalue weighted by atomic mass is 32.1. The fourth-order valence-corrected chi connectivity index (χ4v) is 2.74. The summed E-state index contributed by atoms with van der Waals surface area (Å²) in [6, 6.07) is 0.712. The monoisotopic (exact) mass is 241 g/mol. The van der Waals surface area contributed by atoms with Crippen LogP contribution in [0.2, 0.25) is 0 Å². The number of nitrogens with two attached hydrogens (primary N) is 1. The highest BCUT2D eigenvalue weighted by Crippen LogP contribution is 2.24. The van der Waals surface area contributed by atoms with E-state index < -0.39 is 0 Å². The molecular formula is C12H23N3S. The van der Waals surface area contributed by atoms with Gasteiger partial charge in [-0.25, -0.2) is 4.98 Å². The first kappa shape index (κ1) is 13.6. The van der Waals surface area contributed by atoms with Crippen LogP contribution in [0, 0.1) is 13.8 Å². The molecule has 0 aromatic carbocycles. The Bertz CT molecular complexity index is 320. The van der Waals surface area contributed by atoms with Gasteiger partial charge in [0.15, 0.2) is 0 Å². The first-order valence-electron chi connectivity index (χ1n) is 5.93. The molecule has 3 N–H and O–H groups in total. The molecule has 0 aliphatic heterocycles. The molecule has 1 rings (SSSR count). The fraction of sp³-hybridized carbons (Fsp3) is 0.750. The SMILES string of the molecule is Cc1nc(C)c(C(C)NCCCC(C)N)s1. The van der Waals surface area contributed by atoms with Gasteiger partial charge in [0.05, 0.1) is 10.7 Å². The van der Waals surface area contributed by atoms with Gasteiger partial charge in [0.25, 0.3) is 0 Å². The molecule has 0 saturated heterocycles. The molecule has 2 atom stereocenters. The van der Waals surface area contributed by atoms with Crippen molar-refractivity contribution in [1.29, 1.82) is 0 Å². The fourth-order valence-electron chi connectivity index (χ4n) is 1.78. The third-order valence-corrected chi connectivity index (χ3v) is 3.88. The number of hydrogen-bond donors (Lipinski definition) is 2. The van der Waals surface area contributed by atoms with Crippen molar-refractivity contribution in [2.24, 2.45) is 5.73 Å². The number of aryl methyl sites for hydroxylation is 2. The Labute approximate surface area is 102 Å². The summed E-state index contributed by atoms with van der Waals surface area (Å²) in [6.07, 6.45) is 2.22. The maximum atomic E-state index is 5.71.